The Balaban J connectivity index is 1.65. The average molecular weight is 356 g/mol. The Morgan fingerprint density at radius 2 is 2.12 bits per heavy atom. The number of likely N-dealkylation sites (N-methyl/N-ethyl adjacent to an activating group) is 1. The minimum absolute atomic E-state index is 0.129. The summed E-state index contributed by atoms with van der Waals surface area (Å²) in [6.45, 7) is 1.99. The Morgan fingerprint density at radius 3 is 2.88 bits per heavy atom. The van der Waals surface area contributed by atoms with Gasteiger partial charge in [-0.1, -0.05) is 0 Å². The van der Waals surface area contributed by atoms with Crippen LogP contribution in [0.15, 0.2) is 36.5 Å². The van der Waals surface area contributed by atoms with Crippen molar-refractivity contribution in [3.8, 4) is 22.9 Å². The van der Waals surface area contributed by atoms with Crippen LogP contribution in [0, 0.1) is 5.82 Å². The van der Waals surface area contributed by atoms with E-state index in [1.54, 1.807) is 22.8 Å². The van der Waals surface area contributed by atoms with Crippen LogP contribution in [0.2, 0.25) is 0 Å². The molecule has 3 aromatic rings. The Morgan fingerprint density at radius 1 is 1.23 bits per heavy atom. The Labute approximate surface area is 151 Å². The van der Waals surface area contributed by atoms with Gasteiger partial charge in [0.05, 0.1) is 19.0 Å². The minimum Gasteiger partial charge on any atom is -0.494 e. The van der Waals surface area contributed by atoms with Crippen molar-refractivity contribution in [2.75, 3.05) is 27.2 Å². The monoisotopic (exact) mass is 356 g/mol. The van der Waals surface area contributed by atoms with Crippen LogP contribution in [-0.2, 0) is 0 Å². The molecule has 0 amide bonds. The number of benzene rings is 1. The van der Waals surface area contributed by atoms with Crippen LogP contribution >= 0.6 is 0 Å². The van der Waals surface area contributed by atoms with Gasteiger partial charge in [-0.05, 0) is 50.7 Å². The summed E-state index contributed by atoms with van der Waals surface area (Å²) in [6, 6.07) is 8.50. The quantitative estimate of drug-likeness (QED) is 0.719. The number of ether oxygens (including phenoxy) is 2. The molecule has 136 valence electrons. The van der Waals surface area contributed by atoms with Crippen molar-refractivity contribution < 1.29 is 13.9 Å². The lowest BCUT2D eigenvalue weighted by Crippen LogP contribution is -2.38. The van der Waals surface area contributed by atoms with E-state index in [1.165, 1.54) is 13.2 Å². The molecule has 0 radical (unpaired) electrons. The maximum Gasteiger partial charge on any atom is 0.232 e. The highest BCUT2D eigenvalue weighted by molar-refractivity contribution is 5.64. The van der Waals surface area contributed by atoms with Crippen LogP contribution in [0.3, 0.4) is 0 Å². The third-order valence-electron chi connectivity index (χ3n) is 4.65. The summed E-state index contributed by atoms with van der Waals surface area (Å²) in [6.07, 6.45) is 3.95. The van der Waals surface area contributed by atoms with E-state index in [0.29, 0.717) is 22.8 Å². The van der Waals surface area contributed by atoms with Gasteiger partial charge in [-0.3, -0.25) is 0 Å². The van der Waals surface area contributed by atoms with Crippen LogP contribution in [0.1, 0.15) is 12.8 Å². The third kappa shape index (κ3) is 3.22. The van der Waals surface area contributed by atoms with Crippen molar-refractivity contribution in [2.45, 2.75) is 18.9 Å². The van der Waals surface area contributed by atoms with Crippen molar-refractivity contribution in [3.63, 3.8) is 0 Å². The predicted molar refractivity (Wildman–Crippen MR) is 96.1 cm³/mol. The van der Waals surface area contributed by atoms with Gasteiger partial charge in [-0.15, -0.1) is 5.10 Å². The number of rotatable bonds is 4. The number of imidazole rings is 1. The summed E-state index contributed by atoms with van der Waals surface area (Å²) >= 11 is 0. The number of hydrogen-bond acceptors (Lipinski definition) is 5. The molecule has 2 aromatic heterocycles. The SMILES string of the molecule is COc1ccc(-c2cnc3ccc(OC4CCCN(C)C4)nn23)cc1F. The third-order valence-corrected chi connectivity index (χ3v) is 4.65. The highest BCUT2D eigenvalue weighted by atomic mass is 19.1. The van der Waals surface area contributed by atoms with Crippen molar-refractivity contribution in [2.24, 2.45) is 0 Å². The second-order valence-corrected chi connectivity index (χ2v) is 6.58. The lowest BCUT2D eigenvalue weighted by Gasteiger charge is -2.29. The first-order valence-electron chi connectivity index (χ1n) is 8.68. The molecule has 0 saturated carbocycles. The number of methoxy groups -OCH3 is 1. The molecule has 1 aliphatic heterocycles. The molecule has 1 unspecified atom stereocenters. The van der Waals surface area contributed by atoms with E-state index in [-0.39, 0.29) is 11.9 Å². The summed E-state index contributed by atoms with van der Waals surface area (Å²) in [5.74, 6) is 0.338. The molecule has 4 rings (SSSR count). The van der Waals surface area contributed by atoms with Gasteiger partial charge in [0.2, 0.25) is 5.88 Å². The average Bonchev–Trinajstić information content (AvgIpc) is 3.05. The van der Waals surface area contributed by atoms with Crippen LogP contribution in [0.5, 0.6) is 11.6 Å². The number of piperidine rings is 1. The Kier molecular flexibility index (Phi) is 4.46. The fourth-order valence-electron chi connectivity index (χ4n) is 3.33. The van der Waals surface area contributed by atoms with Crippen LogP contribution in [-0.4, -0.2) is 52.8 Å². The number of nitrogens with zero attached hydrogens (tertiary/aromatic N) is 4. The number of fused-ring (bicyclic) bond motifs is 1. The van der Waals surface area contributed by atoms with E-state index in [4.69, 9.17) is 9.47 Å². The van der Waals surface area contributed by atoms with Gasteiger partial charge in [0, 0.05) is 18.2 Å². The molecular formula is C19H21FN4O2. The summed E-state index contributed by atoms with van der Waals surface area (Å²) in [5.41, 5.74) is 2.06. The zero-order valence-electron chi connectivity index (χ0n) is 14.9. The molecule has 1 fully saturated rings. The van der Waals surface area contributed by atoms with Gasteiger partial charge >= 0.3 is 0 Å². The van der Waals surface area contributed by atoms with Gasteiger partial charge in [0.1, 0.15) is 6.10 Å². The number of halogens is 1. The standard InChI is InChI=1S/C19H21FN4O2/c1-23-9-3-4-14(12-23)26-19-8-7-18-21-11-16(24(18)22-19)13-5-6-17(25-2)15(20)10-13/h5-8,10-11,14H,3-4,9,12H2,1-2H3. The highest BCUT2D eigenvalue weighted by Gasteiger charge is 2.19. The lowest BCUT2D eigenvalue weighted by molar-refractivity contribution is 0.0988. The predicted octanol–water partition coefficient (Wildman–Crippen LogP) is 3.02. The zero-order valence-corrected chi connectivity index (χ0v) is 14.9. The molecule has 7 heteroatoms. The normalized spacial score (nSPS) is 18.2. The largest absolute Gasteiger partial charge is 0.494 e. The van der Waals surface area contributed by atoms with Gasteiger partial charge in [0.15, 0.2) is 17.2 Å². The summed E-state index contributed by atoms with van der Waals surface area (Å²) in [4.78, 5) is 6.61. The molecule has 0 aliphatic carbocycles. The van der Waals surface area contributed by atoms with Gasteiger partial charge in [-0.2, -0.15) is 0 Å². The zero-order chi connectivity index (χ0) is 18.1. The van der Waals surface area contributed by atoms with Crippen molar-refractivity contribution in [1.82, 2.24) is 19.5 Å². The Hall–Kier alpha value is -2.67. The smallest absolute Gasteiger partial charge is 0.232 e. The van der Waals surface area contributed by atoms with E-state index in [9.17, 15) is 4.39 Å². The summed E-state index contributed by atoms with van der Waals surface area (Å²) in [7, 11) is 3.54. The van der Waals surface area contributed by atoms with E-state index >= 15 is 0 Å². The van der Waals surface area contributed by atoms with Gasteiger partial charge < -0.3 is 14.4 Å². The van der Waals surface area contributed by atoms with E-state index in [1.807, 2.05) is 12.1 Å². The molecule has 0 spiro atoms. The molecule has 1 aromatic carbocycles. The van der Waals surface area contributed by atoms with Gasteiger partial charge in [-0.25, -0.2) is 13.9 Å². The lowest BCUT2D eigenvalue weighted by atomic mass is 10.1. The number of hydrogen-bond donors (Lipinski definition) is 0. The molecule has 3 heterocycles. The number of aromatic nitrogens is 3. The van der Waals surface area contributed by atoms with Gasteiger partial charge in [0.25, 0.3) is 0 Å². The molecule has 26 heavy (non-hydrogen) atoms. The fourth-order valence-corrected chi connectivity index (χ4v) is 3.33. The first-order valence-corrected chi connectivity index (χ1v) is 8.68. The topological polar surface area (TPSA) is 51.9 Å². The van der Waals surface area contributed by atoms with Crippen molar-refractivity contribution >= 4 is 5.65 Å². The van der Waals surface area contributed by atoms with Crippen LogP contribution < -0.4 is 9.47 Å². The second kappa shape index (κ2) is 6.92. The van der Waals surface area contributed by atoms with E-state index < -0.39 is 5.82 Å². The van der Waals surface area contributed by atoms with Crippen LogP contribution in [0.25, 0.3) is 16.9 Å². The van der Waals surface area contributed by atoms with Crippen molar-refractivity contribution in [1.29, 1.82) is 0 Å². The maximum absolute atomic E-state index is 14.1. The molecule has 0 N–H and O–H groups in total. The first-order chi connectivity index (χ1) is 12.6. The molecule has 1 aliphatic rings. The first kappa shape index (κ1) is 16.8. The summed E-state index contributed by atoms with van der Waals surface area (Å²) in [5, 5.41) is 4.56. The molecule has 6 nitrogen and oxygen atoms in total. The molecular weight excluding hydrogens is 335 g/mol. The van der Waals surface area contributed by atoms with Crippen LogP contribution in [0.4, 0.5) is 4.39 Å². The van der Waals surface area contributed by atoms with E-state index in [0.717, 1.165) is 25.9 Å². The second-order valence-electron chi connectivity index (χ2n) is 6.58. The molecule has 1 atom stereocenters. The molecule has 1 saturated heterocycles. The summed E-state index contributed by atoms with van der Waals surface area (Å²) < 4.78 is 26.8. The highest BCUT2D eigenvalue weighted by Crippen LogP contribution is 2.26. The van der Waals surface area contributed by atoms with Crippen molar-refractivity contribution in [3.05, 3.63) is 42.3 Å². The number of likely N-dealkylation sites (tertiary alicyclic amines) is 1. The van der Waals surface area contributed by atoms with E-state index in [2.05, 4.69) is 22.0 Å². The minimum atomic E-state index is -0.419. The maximum atomic E-state index is 14.1. The fraction of sp³-hybridized carbons (Fsp3) is 0.368. The Bertz CT molecular complexity index is 927. The molecule has 0 bridgehead atoms.